The summed E-state index contributed by atoms with van der Waals surface area (Å²) in [5.74, 6) is 1.42. The Kier molecular flexibility index (Phi) is 4.39. The van der Waals surface area contributed by atoms with Gasteiger partial charge in [0.1, 0.15) is 11.5 Å². The van der Waals surface area contributed by atoms with E-state index in [2.05, 4.69) is 20.9 Å². The van der Waals surface area contributed by atoms with Crippen LogP contribution < -0.4 is 15.2 Å². The molecule has 0 aliphatic rings. The van der Waals surface area contributed by atoms with E-state index in [4.69, 9.17) is 15.2 Å². The average molecular weight is 323 g/mol. The minimum Gasteiger partial charge on any atom is -0.497 e. The topological polar surface area (TPSA) is 57.4 Å². The highest BCUT2D eigenvalue weighted by molar-refractivity contribution is 9.10. The number of hydrogen-bond donors (Lipinski definition) is 1. The van der Waals surface area contributed by atoms with E-state index in [9.17, 15) is 0 Å². The summed E-state index contributed by atoms with van der Waals surface area (Å²) in [6, 6.07) is 9.03. The molecular formula is C14H15BrN2O2. The Balaban J connectivity index is 2.37. The first-order chi connectivity index (χ1) is 9.15. The van der Waals surface area contributed by atoms with Crippen LogP contribution >= 0.6 is 15.9 Å². The standard InChI is InChI=1S/C14H15BrN2O2/c1-18-10-4-5-11(13(7-10)19-2)14(16)12-6-3-9(15)8-17-12/h3-8,14H,16H2,1-2H3. The molecular weight excluding hydrogens is 308 g/mol. The van der Waals surface area contributed by atoms with Gasteiger partial charge in [0.05, 0.1) is 26.0 Å². The van der Waals surface area contributed by atoms with Gasteiger partial charge in [0.25, 0.3) is 0 Å². The van der Waals surface area contributed by atoms with E-state index in [0.29, 0.717) is 5.75 Å². The van der Waals surface area contributed by atoms with Crippen molar-refractivity contribution in [2.45, 2.75) is 6.04 Å². The Morgan fingerprint density at radius 2 is 1.95 bits per heavy atom. The lowest BCUT2D eigenvalue weighted by atomic mass is 10.0. The van der Waals surface area contributed by atoms with Crippen molar-refractivity contribution in [3.8, 4) is 11.5 Å². The van der Waals surface area contributed by atoms with Gasteiger partial charge in [-0.25, -0.2) is 0 Å². The molecule has 0 bridgehead atoms. The van der Waals surface area contributed by atoms with Crippen molar-refractivity contribution in [3.05, 3.63) is 52.3 Å². The van der Waals surface area contributed by atoms with E-state index < -0.39 is 0 Å². The van der Waals surface area contributed by atoms with E-state index in [0.717, 1.165) is 21.5 Å². The zero-order valence-electron chi connectivity index (χ0n) is 10.8. The van der Waals surface area contributed by atoms with Crippen LogP contribution in [0.3, 0.4) is 0 Å². The van der Waals surface area contributed by atoms with E-state index in [-0.39, 0.29) is 6.04 Å². The third-order valence-corrected chi connectivity index (χ3v) is 3.31. The molecule has 0 saturated carbocycles. The monoisotopic (exact) mass is 322 g/mol. The van der Waals surface area contributed by atoms with E-state index in [1.54, 1.807) is 20.4 Å². The first kappa shape index (κ1) is 13.8. The molecule has 4 nitrogen and oxygen atoms in total. The first-order valence-electron chi connectivity index (χ1n) is 5.74. The number of rotatable bonds is 4. The van der Waals surface area contributed by atoms with Gasteiger partial charge < -0.3 is 15.2 Å². The molecule has 1 unspecified atom stereocenters. The molecule has 0 amide bonds. The fourth-order valence-electron chi connectivity index (χ4n) is 1.81. The SMILES string of the molecule is COc1ccc(C(N)c2ccc(Br)cn2)c(OC)c1. The lowest BCUT2D eigenvalue weighted by Crippen LogP contribution is -2.14. The fraction of sp³-hybridized carbons (Fsp3) is 0.214. The molecule has 1 heterocycles. The quantitative estimate of drug-likeness (QED) is 0.940. The second kappa shape index (κ2) is 6.04. The van der Waals surface area contributed by atoms with Crippen molar-refractivity contribution in [1.82, 2.24) is 4.98 Å². The zero-order chi connectivity index (χ0) is 13.8. The number of hydrogen-bond acceptors (Lipinski definition) is 4. The molecule has 0 spiro atoms. The molecule has 0 aliphatic heterocycles. The van der Waals surface area contributed by atoms with Gasteiger partial charge in [-0.2, -0.15) is 0 Å². The number of benzene rings is 1. The Hall–Kier alpha value is -1.59. The van der Waals surface area contributed by atoms with Gasteiger partial charge in [-0.1, -0.05) is 0 Å². The maximum Gasteiger partial charge on any atom is 0.127 e. The van der Waals surface area contributed by atoms with Crippen LogP contribution in [0.1, 0.15) is 17.3 Å². The number of methoxy groups -OCH3 is 2. The second-order valence-electron chi connectivity index (χ2n) is 3.99. The lowest BCUT2D eigenvalue weighted by Gasteiger charge is -2.16. The van der Waals surface area contributed by atoms with Crippen molar-refractivity contribution in [2.75, 3.05) is 14.2 Å². The van der Waals surface area contributed by atoms with E-state index in [1.165, 1.54) is 0 Å². The molecule has 2 aromatic rings. The van der Waals surface area contributed by atoms with Crippen LogP contribution in [0.25, 0.3) is 0 Å². The normalized spacial score (nSPS) is 12.0. The maximum atomic E-state index is 6.24. The summed E-state index contributed by atoms with van der Waals surface area (Å²) in [6.07, 6.45) is 1.73. The van der Waals surface area contributed by atoms with E-state index in [1.807, 2.05) is 30.3 Å². The van der Waals surface area contributed by atoms with E-state index >= 15 is 0 Å². The summed E-state index contributed by atoms with van der Waals surface area (Å²) in [5.41, 5.74) is 7.89. The molecule has 0 saturated heterocycles. The van der Waals surface area contributed by atoms with Crippen LogP contribution in [0.2, 0.25) is 0 Å². The highest BCUT2D eigenvalue weighted by Crippen LogP contribution is 2.31. The number of nitrogens with zero attached hydrogens (tertiary/aromatic N) is 1. The number of aromatic nitrogens is 1. The molecule has 1 atom stereocenters. The molecule has 19 heavy (non-hydrogen) atoms. The molecule has 2 N–H and O–H groups in total. The van der Waals surface area contributed by atoms with Crippen LogP contribution in [0.15, 0.2) is 41.0 Å². The smallest absolute Gasteiger partial charge is 0.127 e. The van der Waals surface area contributed by atoms with Gasteiger partial charge in [0.15, 0.2) is 0 Å². The molecule has 0 aliphatic carbocycles. The molecule has 5 heteroatoms. The van der Waals surface area contributed by atoms with Gasteiger partial charge in [-0.3, -0.25) is 4.98 Å². The van der Waals surface area contributed by atoms with Crippen LogP contribution in [-0.2, 0) is 0 Å². The largest absolute Gasteiger partial charge is 0.497 e. The third kappa shape index (κ3) is 3.05. The Morgan fingerprint density at radius 1 is 1.16 bits per heavy atom. The minimum atomic E-state index is -0.339. The predicted molar refractivity (Wildman–Crippen MR) is 77.5 cm³/mol. The minimum absolute atomic E-state index is 0.339. The lowest BCUT2D eigenvalue weighted by molar-refractivity contribution is 0.389. The van der Waals surface area contributed by atoms with Crippen molar-refractivity contribution < 1.29 is 9.47 Å². The number of halogens is 1. The Bertz CT molecular complexity index is 558. The van der Waals surface area contributed by atoms with Crippen molar-refractivity contribution in [3.63, 3.8) is 0 Å². The summed E-state index contributed by atoms with van der Waals surface area (Å²) < 4.78 is 11.4. The van der Waals surface area contributed by atoms with Gasteiger partial charge >= 0.3 is 0 Å². The second-order valence-corrected chi connectivity index (χ2v) is 4.90. The zero-order valence-corrected chi connectivity index (χ0v) is 12.3. The van der Waals surface area contributed by atoms with Crippen LogP contribution in [-0.4, -0.2) is 19.2 Å². The molecule has 0 radical (unpaired) electrons. The highest BCUT2D eigenvalue weighted by Gasteiger charge is 2.15. The Labute approximate surface area is 120 Å². The van der Waals surface area contributed by atoms with Crippen molar-refractivity contribution in [2.24, 2.45) is 5.73 Å². The van der Waals surface area contributed by atoms with Crippen LogP contribution in [0.4, 0.5) is 0 Å². The first-order valence-corrected chi connectivity index (χ1v) is 6.54. The predicted octanol–water partition coefficient (Wildman–Crippen LogP) is 2.91. The summed E-state index contributed by atoms with van der Waals surface area (Å²) >= 11 is 3.35. The summed E-state index contributed by atoms with van der Waals surface area (Å²) in [6.45, 7) is 0. The molecule has 1 aromatic carbocycles. The molecule has 2 rings (SSSR count). The van der Waals surface area contributed by atoms with Crippen molar-refractivity contribution >= 4 is 15.9 Å². The summed E-state index contributed by atoms with van der Waals surface area (Å²) in [4.78, 5) is 4.31. The Morgan fingerprint density at radius 3 is 2.53 bits per heavy atom. The molecule has 0 fully saturated rings. The average Bonchev–Trinajstić information content (AvgIpc) is 2.46. The van der Waals surface area contributed by atoms with Gasteiger partial charge in [-0.05, 0) is 40.2 Å². The molecule has 1 aromatic heterocycles. The summed E-state index contributed by atoms with van der Waals surface area (Å²) in [7, 11) is 3.23. The number of nitrogens with two attached hydrogens (primary N) is 1. The number of ether oxygens (including phenoxy) is 2. The van der Waals surface area contributed by atoms with Gasteiger partial charge in [0.2, 0.25) is 0 Å². The highest BCUT2D eigenvalue weighted by atomic mass is 79.9. The van der Waals surface area contributed by atoms with Gasteiger partial charge in [0, 0.05) is 22.3 Å². The third-order valence-electron chi connectivity index (χ3n) is 2.84. The number of pyridine rings is 1. The maximum absolute atomic E-state index is 6.24. The molecule has 100 valence electrons. The van der Waals surface area contributed by atoms with Crippen LogP contribution in [0, 0.1) is 0 Å². The van der Waals surface area contributed by atoms with Gasteiger partial charge in [-0.15, -0.1) is 0 Å². The van der Waals surface area contributed by atoms with Crippen molar-refractivity contribution in [1.29, 1.82) is 0 Å². The fourth-order valence-corrected chi connectivity index (χ4v) is 2.04. The van der Waals surface area contributed by atoms with Crippen LogP contribution in [0.5, 0.6) is 11.5 Å². The summed E-state index contributed by atoms with van der Waals surface area (Å²) in [5, 5.41) is 0.